The molecule has 100 valence electrons. The van der Waals surface area contributed by atoms with E-state index in [9.17, 15) is 0 Å². The maximum Gasteiger partial charge on any atom is 0.0813 e. The highest BCUT2D eigenvalue weighted by atomic mass is 16.6. The number of rotatable bonds is 4. The van der Waals surface area contributed by atoms with Gasteiger partial charge in [-0.15, -0.1) is 0 Å². The van der Waals surface area contributed by atoms with Crippen LogP contribution in [0.2, 0.25) is 0 Å². The summed E-state index contributed by atoms with van der Waals surface area (Å²) < 4.78 is 12.0. The lowest BCUT2D eigenvalue weighted by Crippen LogP contribution is -2.45. The van der Waals surface area contributed by atoms with Crippen molar-refractivity contribution in [2.45, 2.75) is 70.2 Å². The molecule has 1 aliphatic heterocycles. The molecule has 4 unspecified atom stereocenters. The molecule has 2 N–H and O–H groups in total. The van der Waals surface area contributed by atoms with Gasteiger partial charge in [0.2, 0.25) is 0 Å². The van der Waals surface area contributed by atoms with Crippen LogP contribution < -0.4 is 5.73 Å². The summed E-state index contributed by atoms with van der Waals surface area (Å²) in [6.45, 7) is 5.83. The van der Waals surface area contributed by atoms with E-state index >= 15 is 0 Å². The van der Waals surface area contributed by atoms with Crippen molar-refractivity contribution in [2.75, 3.05) is 13.2 Å². The van der Waals surface area contributed by atoms with Crippen LogP contribution in [-0.4, -0.2) is 31.0 Å². The average Bonchev–Trinajstić information content (AvgIpc) is 2.73. The molecule has 17 heavy (non-hydrogen) atoms. The molecular weight excluding hydrogens is 214 g/mol. The molecule has 0 radical (unpaired) electrons. The molecule has 1 aliphatic carbocycles. The van der Waals surface area contributed by atoms with Crippen LogP contribution in [0.3, 0.4) is 0 Å². The second-order valence-electron chi connectivity index (χ2n) is 6.05. The Morgan fingerprint density at radius 2 is 2.12 bits per heavy atom. The van der Waals surface area contributed by atoms with Crippen LogP contribution >= 0.6 is 0 Å². The quantitative estimate of drug-likeness (QED) is 0.822. The summed E-state index contributed by atoms with van der Waals surface area (Å²) in [5.41, 5.74) is 5.88. The molecule has 1 saturated carbocycles. The molecule has 0 spiro atoms. The summed E-state index contributed by atoms with van der Waals surface area (Å²) in [6, 6.07) is 0. The third-order valence-electron chi connectivity index (χ3n) is 4.32. The second kappa shape index (κ2) is 5.68. The van der Waals surface area contributed by atoms with E-state index < -0.39 is 0 Å². The highest BCUT2D eigenvalue weighted by Crippen LogP contribution is 2.35. The lowest BCUT2D eigenvalue weighted by molar-refractivity contribution is -0.110. The molecular formula is C14H27NO2. The fraction of sp³-hybridized carbons (Fsp3) is 1.00. The van der Waals surface area contributed by atoms with Crippen molar-refractivity contribution in [2.24, 2.45) is 11.7 Å². The van der Waals surface area contributed by atoms with Gasteiger partial charge in [-0.2, -0.15) is 0 Å². The molecule has 0 aromatic heterocycles. The van der Waals surface area contributed by atoms with Crippen LogP contribution in [0.25, 0.3) is 0 Å². The van der Waals surface area contributed by atoms with Crippen molar-refractivity contribution in [1.82, 2.24) is 0 Å². The summed E-state index contributed by atoms with van der Waals surface area (Å²) >= 11 is 0. The topological polar surface area (TPSA) is 44.5 Å². The molecule has 0 amide bonds. The van der Waals surface area contributed by atoms with Crippen LogP contribution in [0.4, 0.5) is 0 Å². The highest BCUT2D eigenvalue weighted by molar-refractivity contribution is 4.88. The zero-order valence-corrected chi connectivity index (χ0v) is 11.3. The van der Waals surface area contributed by atoms with Gasteiger partial charge in [0.1, 0.15) is 0 Å². The Hall–Kier alpha value is -0.120. The van der Waals surface area contributed by atoms with E-state index in [1.54, 1.807) is 0 Å². The summed E-state index contributed by atoms with van der Waals surface area (Å²) in [5, 5.41) is 0. The van der Waals surface area contributed by atoms with Crippen LogP contribution in [0.15, 0.2) is 0 Å². The van der Waals surface area contributed by atoms with Crippen LogP contribution in [-0.2, 0) is 9.47 Å². The molecule has 2 fully saturated rings. The smallest absolute Gasteiger partial charge is 0.0813 e. The van der Waals surface area contributed by atoms with E-state index in [-0.39, 0.29) is 5.60 Å². The molecule has 3 heteroatoms. The van der Waals surface area contributed by atoms with Crippen molar-refractivity contribution in [3.63, 3.8) is 0 Å². The van der Waals surface area contributed by atoms with Gasteiger partial charge in [-0.05, 0) is 38.5 Å². The Balaban J connectivity index is 1.82. The molecule has 4 atom stereocenters. The number of nitrogens with two attached hydrogens (primary N) is 1. The molecule has 0 bridgehead atoms. The van der Waals surface area contributed by atoms with Crippen molar-refractivity contribution in [3.8, 4) is 0 Å². The van der Waals surface area contributed by atoms with Gasteiger partial charge in [-0.1, -0.05) is 19.8 Å². The first kappa shape index (κ1) is 13.3. The number of hydrogen-bond acceptors (Lipinski definition) is 3. The van der Waals surface area contributed by atoms with E-state index in [0.717, 1.165) is 31.8 Å². The second-order valence-corrected chi connectivity index (χ2v) is 6.05. The maximum absolute atomic E-state index is 6.17. The molecule has 3 nitrogen and oxygen atoms in total. The summed E-state index contributed by atoms with van der Waals surface area (Å²) in [4.78, 5) is 0. The summed E-state index contributed by atoms with van der Waals surface area (Å²) in [5.74, 6) is 0.746. The van der Waals surface area contributed by atoms with Gasteiger partial charge in [0.15, 0.2) is 0 Å². The van der Waals surface area contributed by atoms with Gasteiger partial charge in [0, 0.05) is 6.54 Å². The Bertz CT molecular complexity index is 246. The monoisotopic (exact) mass is 241 g/mol. The van der Waals surface area contributed by atoms with Gasteiger partial charge >= 0.3 is 0 Å². The zero-order chi connectivity index (χ0) is 12.3. The fourth-order valence-corrected chi connectivity index (χ4v) is 3.26. The van der Waals surface area contributed by atoms with Crippen molar-refractivity contribution in [1.29, 1.82) is 0 Å². The van der Waals surface area contributed by atoms with Gasteiger partial charge in [0.05, 0.1) is 24.4 Å². The molecule has 0 aromatic rings. The minimum atomic E-state index is -0.0626. The Morgan fingerprint density at radius 1 is 1.29 bits per heavy atom. The van der Waals surface area contributed by atoms with Crippen molar-refractivity contribution < 1.29 is 9.47 Å². The predicted octanol–water partition coefficient (Wildman–Crippen LogP) is 2.48. The number of ether oxygens (including phenoxy) is 2. The molecule has 2 aliphatic rings. The third-order valence-corrected chi connectivity index (χ3v) is 4.32. The Morgan fingerprint density at radius 3 is 2.71 bits per heavy atom. The summed E-state index contributed by atoms with van der Waals surface area (Å²) in [6.07, 6.45) is 7.81. The van der Waals surface area contributed by atoms with E-state index in [2.05, 4.69) is 13.8 Å². The van der Waals surface area contributed by atoms with Crippen LogP contribution in [0.1, 0.15) is 52.4 Å². The normalized spacial score (nSPS) is 42.9. The van der Waals surface area contributed by atoms with E-state index in [1.807, 2.05) is 0 Å². The van der Waals surface area contributed by atoms with Crippen molar-refractivity contribution in [3.05, 3.63) is 0 Å². The van der Waals surface area contributed by atoms with Crippen LogP contribution in [0.5, 0.6) is 0 Å². The fourth-order valence-electron chi connectivity index (χ4n) is 3.26. The first-order chi connectivity index (χ1) is 8.13. The molecule has 0 aromatic carbocycles. The molecule has 1 heterocycles. The van der Waals surface area contributed by atoms with Gasteiger partial charge in [-0.25, -0.2) is 0 Å². The van der Waals surface area contributed by atoms with Gasteiger partial charge in [0.25, 0.3) is 0 Å². The number of hydrogen-bond donors (Lipinski definition) is 1. The van der Waals surface area contributed by atoms with Crippen LogP contribution in [0, 0.1) is 5.92 Å². The average molecular weight is 241 g/mol. The van der Waals surface area contributed by atoms with E-state index in [4.69, 9.17) is 15.2 Å². The van der Waals surface area contributed by atoms with Gasteiger partial charge < -0.3 is 15.2 Å². The van der Waals surface area contributed by atoms with E-state index in [0.29, 0.717) is 18.8 Å². The molecule has 2 rings (SSSR count). The molecule has 1 saturated heterocycles. The highest BCUT2D eigenvalue weighted by Gasteiger charge is 2.36. The Kier molecular flexibility index (Phi) is 4.45. The lowest BCUT2D eigenvalue weighted by Gasteiger charge is -2.39. The zero-order valence-electron chi connectivity index (χ0n) is 11.3. The standard InChI is InChI=1S/C14H27NO2/c1-11-4-3-7-14(8-11,10-15)16-9-13-6-5-12(2)17-13/h11-13H,3-10,15H2,1-2H3. The van der Waals surface area contributed by atoms with E-state index in [1.165, 1.54) is 19.3 Å². The third kappa shape index (κ3) is 3.43. The predicted molar refractivity (Wildman–Crippen MR) is 68.9 cm³/mol. The summed E-state index contributed by atoms with van der Waals surface area (Å²) in [7, 11) is 0. The van der Waals surface area contributed by atoms with Crippen molar-refractivity contribution >= 4 is 0 Å². The minimum absolute atomic E-state index is 0.0626. The lowest BCUT2D eigenvalue weighted by atomic mass is 9.79. The first-order valence-corrected chi connectivity index (χ1v) is 7.13. The van der Waals surface area contributed by atoms with Gasteiger partial charge in [-0.3, -0.25) is 0 Å². The largest absolute Gasteiger partial charge is 0.373 e. The first-order valence-electron chi connectivity index (χ1n) is 7.13. The minimum Gasteiger partial charge on any atom is -0.373 e. The SMILES string of the molecule is CC1CCCC(CN)(OCC2CCC(C)O2)C1. The maximum atomic E-state index is 6.17. The Labute approximate surface area is 105 Å².